The number of halogens is 3. The second kappa shape index (κ2) is 5.92. The molecule has 22 heavy (non-hydrogen) atoms. The monoisotopic (exact) mass is 307 g/mol. The van der Waals surface area contributed by atoms with Crippen LogP contribution in [0.25, 0.3) is 10.8 Å². The van der Waals surface area contributed by atoms with E-state index in [1.54, 1.807) is 0 Å². The van der Waals surface area contributed by atoms with Gasteiger partial charge in [0.05, 0.1) is 0 Å². The number of likely N-dealkylation sites (tertiary alicyclic amines) is 1. The molecule has 1 heterocycles. The van der Waals surface area contributed by atoms with Gasteiger partial charge in [0, 0.05) is 19.0 Å². The Kier molecular flexibility index (Phi) is 4.13. The summed E-state index contributed by atoms with van der Waals surface area (Å²) in [5, 5.41) is 2.37. The van der Waals surface area contributed by atoms with Gasteiger partial charge in [-0.1, -0.05) is 42.5 Å². The van der Waals surface area contributed by atoms with Crippen molar-refractivity contribution in [3.05, 3.63) is 48.0 Å². The lowest BCUT2D eigenvalue weighted by Crippen LogP contribution is -2.25. The third-order valence-corrected chi connectivity index (χ3v) is 4.66. The maximum absolute atomic E-state index is 12.5. The van der Waals surface area contributed by atoms with Crippen LogP contribution in [0.5, 0.6) is 0 Å². The molecule has 1 aliphatic rings. The quantitative estimate of drug-likeness (QED) is 0.755. The van der Waals surface area contributed by atoms with Crippen LogP contribution >= 0.6 is 0 Å². The van der Waals surface area contributed by atoms with E-state index >= 15 is 0 Å². The number of fused-ring (bicyclic) bond motifs is 1. The van der Waals surface area contributed by atoms with Gasteiger partial charge in [0.1, 0.15) is 0 Å². The predicted octanol–water partition coefficient (Wildman–Crippen LogP) is 5.18. The zero-order valence-corrected chi connectivity index (χ0v) is 12.6. The molecular weight excluding hydrogens is 287 g/mol. The Balaban J connectivity index is 1.78. The average molecular weight is 307 g/mol. The molecule has 1 unspecified atom stereocenters. The van der Waals surface area contributed by atoms with Gasteiger partial charge in [-0.3, -0.25) is 4.90 Å². The van der Waals surface area contributed by atoms with Crippen molar-refractivity contribution in [2.75, 3.05) is 13.1 Å². The second-order valence-electron chi connectivity index (χ2n) is 6.21. The van der Waals surface area contributed by atoms with Gasteiger partial charge in [-0.15, -0.1) is 0 Å². The molecule has 0 bridgehead atoms. The van der Waals surface area contributed by atoms with E-state index in [1.807, 2.05) is 18.2 Å². The predicted molar refractivity (Wildman–Crippen MR) is 82.7 cm³/mol. The molecule has 2 aromatic carbocycles. The van der Waals surface area contributed by atoms with Gasteiger partial charge < -0.3 is 0 Å². The van der Waals surface area contributed by atoms with E-state index in [-0.39, 0.29) is 12.0 Å². The van der Waals surface area contributed by atoms with E-state index < -0.39 is 12.6 Å². The molecular formula is C18H20F3N. The molecule has 4 heteroatoms. The van der Waals surface area contributed by atoms with Crippen molar-refractivity contribution >= 4 is 10.8 Å². The molecule has 3 rings (SSSR count). The fourth-order valence-electron chi connectivity index (χ4n) is 3.52. The first-order chi connectivity index (χ1) is 10.4. The minimum absolute atomic E-state index is 0.143. The van der Waals surface area contributed by atoms with E-state index in [0.29, 0.717) is 13.0 Å². The van der Waals surface area contributed by atoms with Crippen LogP contribution in [0.3, 0.4) is 0 Å². The number of rotatable bonds is 3. The zero-order chi connectivity index (χ0) is 15.7. The number of benzene rings is 2. The van der Waals surface area contributed by atoms with Crippen molar-refractivity contribution in [1.82, 2.24) is 4.90 Å². The summed E-state index contributed by atoms with van der Waals surface area (Å²) < 4.78 is 37.6. The summed E-state index contributed by atoms with van der Waals surface area (Å²) in [5.41, 5.74) is 1.20. The maximum Gasteiger partial charge on any atom is 0.389 e. The smallest absolute Gasteiger partial charge is 0.296 e. The standard InChI is InChI=1S/C18H20F3N/c1-13(22-10-9-14(12-22)11-18(19,20)21)16-8-4-6-15-5-2-3-7-17(15)16/h2-8,13-14H,9-12H2,1H3/t13-,14?/m1/s1. The second-order valence-corrected chi connectivity index (χ2v) is 6.21. The van der Waals surface area contributed by atoms with Gasteiger partial charge in [0.25, 0.3) is 0 Å². The van der Waals surface area contributed by atoms with Gasteiger partial charge in [-0.05, 0) is 42.1 Å². The Morgan fingerprint density at radius 3 is 2.64 bits per heavy atom. The third kappa shape index (κ3) is 3.27. The highest BCUT2D eigenvalue weighted by molar-refractivity contribution is 5.86. The fraction of sp³-hybridized carbons (Fsp3) is 0.444. The molecule has 118 valence electrons. The summed E-state index contributed by atoms with van der Waals surface area (Å²) in [4.78, 5) is 2.18. The first-order valence-electron chi connectivity index (χ1n) is 7.72. The molecule has 2 aromatic rings. The van der Waals surface area contributed by atoms with Gasteiger partial charge >= 0.3 is 6.18 Å². The van der Waals surface area contributed by atoms with E-state index in [2.05, 4.69) is 36.1 Å². The number of alkyl halides is 3. The lowest BCUT2D eigenvalue weighted by Gasteiger charge is -2.26. The highest BCUT2D eigenvalue weighted by Gasteiger charge is 2.36. The molecule has 0 aromatic heterocycles. The molecule has 0 amide bonds. The number of hydrogen-bond acceptors (Lipinski definition) is 1. The highest BCUT2D eigenvalue weighted by atomic mass is 19.4. The van der Waals surface area contributed by atoms with E-state index in [0.717, 1.165) is 6.54 Å². The summed E-state index contributed by atoms with van der Waals surface area (Å²) in [5.74, 6) is -0.266. The number of hydrogen-bond donors (Lipinski definition) is 0. The van der Waals surface area contributed by atoms with Crippen molar-refractivity contribution in [2.45, 2.75) is 32.0 Å². The minimum Gasteiger partial charge on any atom is -0.296 e. The minimum atomic E-state index is -4.05. The Bertz CT molecular complexity index is 645. The van der Waals surface area contributed by atoms with Gasteiger partial charge in [0.15, 0.2) is 0 Å². The Morgan fingerprint density at radius 2 is 1.86 bits per heavy atom. The molecule has 0 radical (unpaired) electrons. The number of nitrogens with zero attached hydrogens (tertiary/aromatic N) is 1. The summed E-state index contributed by atoms with van der Waals surface area (Å²) >= 11 is 0. The van der Waals surface area contributed by atoms with Crippen molar-refractivity contribution < 1.29 is 13.2 Å². The molecule has 1 aliphatic heterocycles. The van der Waals surface area contributed by atoms with Crippen LogP contribution < -0.4 is 0 Å². The molecule has 1 saturated heterocycles. The largest absolute Gasteiger partial charge is 0.389 e. The molecule has 1 fully saturated rings. The van der Waals surface area contributed by atoms with Crippen LogP contribution in [0.15, 0.2) is 42.5 Å². The third-order valence-electron chi connectivity index (χ3n) is 4.66. The van der Waals surface area contributed by atoms with Crippen molar-refractivity contribution in [2.24, 2.45) is 5.92 Å². The van der Waals surface area contributed by atoms with Crippen LogP contribution in [-0.2, 0) is 0 Å². The summed E-state index contributed by atoms with van der Waals surface area (Å²) in [7, 11) is 0. The Morgan fingerprint density at radius 1 is 1.14 bits per heavy atom. The van der Waals surface area contributed by atoms with Crippen LogP contribution in [0.4, 0.5) is 13.2 Å². The van der Waals surface area contributed by atoms with Crippen LogP contribution in [-0.4, -0.2) is 24.2 Å². The molecule has 0 N–H and O–H groups in total. The molecule has 2 atom stereocenters. The van der Waals surface area contributed by atoms with Crippen molar-refractivity contribution in [3.8, 4) is 0 Å². The SMILES string of the molecule is C[C@H](c1cccc2ccccc12)N1CCC(CC(F)(F)F)C1. The molecule has 0 spiro atoms. The van der Waals surface area contributed by atoms with Gasteiger partial charge in [-0.25, -0.2) is 0 Å². The van der Waals surface area contributed by atoms with E-state index in [1.165, 1.54) is 16.3 Å². The van der Waals surface area contributed by atoms with E-state index in [4.69, 9.17) is 0 Å². The van der Waals surface area contributed by atoms with Crippen LogP contribution in [0.1, 0.15) is 31.4 Å². The van der Waals surface area contributed by atoms with Crippen molar-refractivity contribution in [3.63, 3.8) is 0 Å². The van der Waals surface area contributed by atoms with Crippen molar-refractivity contribution in [1.29, 1.82) is 0 Å². The van der Waals surface area contributed by atoms with Crippen LogP contribution in [0, 0.1) is 5.92 Å². The summed E-state index contributed by atoms with van der Waals surface area (Å²) in [6.07, 6.45) is -4.08. The maximum atomic E-state index is 12.5. The average Bonchev–Trinajstić information content (AvgIpc) is 2.92. The normalized spacial score (nSPS) is 21.4. The van der Waals surface area contributed by atoms with Crippen LogP contribution in [0.2, 0.25) is 0 Å². The molecule has 1 nitrogen and oxygen atoms in total. The van der Waals surface area contributed by atoms with Gasteiger partial charge in [-0.2, -0.15) is 13.2 Å². The molecule has 0 saturated carbocycles. The lowest BCUT2D eigenvalue weighted by atomic mass is 9.99. The zero-order valence-electron chi connectivity index (χ0n) is 12.6. The first kappa shape index (κ1) is 15.3. The molecule has 0 aliphatic carbocycles. The summed E-state index contributed by atoms with van der Waals surface area (Å²) in [6, 6.07) is 14.5. The lowest BCUT2D eigenvalue weighted by molar-refractivity contribution is -0.143. The topological polar surface area (TPSA) is 3.24 Å². The Hall–Kier alpha value is -1.55. The Labute approximate surface area is 128 Å². The fourth-order valence-corrected chi connectivity index (χ4v) is 3.52. The summed E-state index contributed by atoms with van der Waals surface area (Å²) in [6.45, 7) is 3.37. The van der Waals surface area contributed by atoms with E-state index in [9.17, 15) is 13.2 Å². The highest BCUT2D eigenvalue weighted by Crippen LogP contribution is 2.35. The van der Waals surface area contributed by atoms with Gasteiger partial charge in [0.2, 0.25) is 0 Å². The first-order valence-corrected chi connectivity index (χ1v) is 7.72.